The molecule has 1 N–H and O–H groups in total. The predicted molar refractivity (Wildman–Crippen MR) is 53.3 cm³/mol. The molecule has 0 aromatic carbocycles. The number of carboxylic acid groups (broad SMARTS) is 1. The highest BCUT2D eigenvalue weighted by atomic mass is 79.9. The van der Waals surface area contributed by atoms with E-state index in [-0.39, 0.29) is 10.5 Å². The average Bonchev–Trinajstić information content (AvgIpc) is 2.52. The van der Waals surface area contributed by atoms with Crippen molar-refractivity contribution >= 4 is 43.7 Å². The van der Waals surface area contributed by atoms with Crippen molar-refractivity contribution in [3.63, 3.8) is 0 Å². The fourth-order valence-corrected chi connectivity index (χ4v) is 4.40. The molecule has 0 unspecified atom stereocenters. The lowest BCUT2D eigenvalue weighted by atomic mass is 10.4. The molecule has 0 radical (unpaired) electrons. The predicted octanol–water partition coefficient (Wildman–Crippen LogP) is 0.128. The van der Waals surface area contributed by atoms with E-state index in [0.29, 0.717) is 5.75 Å². The molecule has 0 aromatic rings. The second kappa shape index (κ2) is 4.16. The second-order valence-electron chi connectivity index (χ2n) is 2.46. The van der Waals surface area contributed by atoms with Gasteiger partial charge in [0.05, 0.1) is 5.88 Å². The molecule has 1 aliphatic heterocycles. The SMILES string of the molecule is O=C(O)[C@@H]1CSCN1S(=O)(=O)CBr. The smallest absolute Gasteiger partial charge is 0.322 e. The molecular weight excluding hydrogens is 282 g/mol. The third-order valence-electron chi connectivity index (χ3n) is 1.62. The van der Waals surface area contributed by atoms with E-state index < -0.39 is 22.0 Å². The van der Waals surface area contributed by atoms with Crippen molar-refractivity contribution in [1.82, 2.24) is 4.31 Å². The van der Waals surface area contributed by atoms with E-state index >= 15 is 0 Å². The zero-order valence-corrected chi connectivity index (χ0v) is 9.73. The van der Waals surface area contributed by atoms with E-state index in [4.69, 9.17) is 5.11 Å². The highest BCUT2D eigenvalue weighted by Gasteiger charge is 2.38. The minimum Gasteiger partial charge on any atom is -0.480 e. The van der Waals surface area contributed by atoms with Gasteiger partial charge in [0.2, 0.25) is 10.0 Å². The summed E-state index contributed by atoms with van der Waals surface area (Å²) in [6, 6.07) is -0.910. The van der Waals surface area contributed by atoms with Gasteiger partial charge in [0.15, 0.2) is 0 Å². The molecule has 0 aliphatic carbocycles. The second-order valence-corrected chi connectivity index (χ2v) is 6.69. The monoisotopic (exact) mass is 289 g/mol. The van der Waals surface area contributed by atoms with Gasteiger partial charge in [0.1, 0.15) is 10.7 Å². The number of halogens is 1. The zero-order valence-electron chi connectivity index (χ0n) is 6.51. The van der Waals surface area contributed by atoms with Gasteiger partial charge in [0, 0.05) is 5.75 Å². The first kappa shape index (κ1) is 11.3. The van der Waals surface area contributed by atoms with Crippen molar-refractivity contribution < 1.29 is 18.3 Å². The van der Waals surface area contributed by atoms with E-state index in [1.165, 1.54) is 11.8 Å². The minimum atomic E-state index is -3.44. The number of nitrogens with zero attached hydrogens (tertiary/aromatic N) is 1. The van der Waals surface area contributed by atoms with E-state index in [2.05, 4.69) is 15.9 Å². The van der Waals surface area contributed by atoms with Crippen LogP contribution in [0.5, 0.6) is 0 Å². The number of carboxylic acids is 1. The number of hydrogen-bond acceptors (Lipinski definition) is 4. The number of thioether (sulfide) groups is 1. The molecule has 1 atom stereocenters. The standard InChI is InChI=1S/C5H8BrNO4S2/c6-2-13(10,11)7-3-12-1-4(7)5(8)9/h4H,1-3H2,(H,8,9)/t4-/m0/s1. The fourth-order valence-electron chi connectivity index (χ4n) is 0.959. The van der Waals surface area contributed by atoms with Gasteiger partial charge >= 0.3 is 5.97 Å². The van der Waals surface area contributed by atoms with Gasteiger partial charge in [-0.3, -0.25) is 4.79 Å². The van der Waals surface area contributed by atoms with Gasteiger partial charge in [0.25, 0.3) is 0 Å². The number of alkyl halides is 1. The molecule has 1 rings (SSSR count). The van der Waals surface area contributed by atoms with Crippen molar-refractivity contribution in [2.75, 3.05) is 16.3 Å². The van der Waals surface area contributed by atoms with Crippen molar-refractivity contribution in [1.29, 1.82) is 0 Å². The molecule has 1 heterocycles. The maximum atomic E-state index is 11.3. The maximum Gasteiger partial charge on any atom is 0.322 e. The van der Waals surface area contributed by atoms with Gasteiger partial charge in [-0.2, -0.15) is 4.31 Å². The lowest BCUT2D eigenvalue weighted by Gasteiger charge is -2.18. The Morgan fingerprint density at radius 2 is 2.31 bits per heavy atom. The van der Waals surface area contributed by atoms with Crippen LogP contribution in [0.4, 0.5) is 0 Å². The van der Waals surface area contributed by atoms with E-state index in [0.717, 1.165) is 4.31 Å². The quantitative estimate of drug-likeness (QED) is 0.748. The van der Waals surface area contributed by atoms with Crippen LogP contribution in [0.3, 0.4) is 0 Å². The van der Waals surface area contributed by atoms with Crippen LogP contribution in [0.2, 0.25) is 0 Å². The van der Waals surface area contributed by atoms with E-state index in [1.807, 2.05) is 0 Å². The zero-order chi connectivity index (χ0) is 10.1. The van der Waals surface area contributed by atoms with Crippen LogP contribution < -0.4 is 0 Å². The molecule has 1 saturated heterocycles. The Bertz CT molecular complexity index is 304. The number of sulfonamides is 1. The summed E-state index contributed by atoms with van der Waals surface area (Å²) < 4.78 is 23.4. The molecule has 76 valence electrons. The Balaban J connectivity index is 2.86. The third kappa shape index (κ3) is 2.36. The van der Waals surface area contributed by atoms with E-state index in [9.17, 15) is 13.2 Å². The molecule has 8 heteroatoms. The Morgan fingerprint density at radius 3 is 2.77 bits per heavy atom. The van der Waals surface area contributed by atoms with Crippen LogP contribution in [-0.4, -0.2) is 46.1 Å². The maximum absolute atomic E-state index is 11.3. The van der Waals surface area contributed by atoms with Crippen LogP contribution in [0.1, 0.15) is 0 Å². The summed E-state index contributed by atoms with van der Waals surface area (Å²) in [5.74, 6) is -0.540. The summed E-state index contributed by atoms with van der Waals surface area (Å²) >= 11 is 4.13. The highest BCUT2D eigenvalue weighted by molar-refractivity contribution is 9.10. The van der Waals surface area contributed by atoms with Gasteiger partial charge in [-0.05, 0) is 0 Å². The van der Waals surface area contributed by atoms with E-state index in [1.54, 1.807) is 0 Å². The first-order valence-electron chi connectivity index (χ1n) is 3.35. The van der Waals surface area contributed by atoms with Crippen LogP contribution in [0, 0.1) is 0 Å². The fraction of sp³-hybridized carbons (Fsp3) is 0.800. The summed E-state index contributed by atoms with van der Waals surface area (Å²) in [5.41, 5.74) is 0. The molecule has 0 aromatic heterocycles. The summed E-state index contributed by atoms with van der Waals surface area (Å²) in [4.78, 5) is 10.6. The lowest BCUT2D eigenvalue weighted by molar-refractivity contribution is -0.140. The number of aliphatic carboxylic acids is 1. The normalized spacial score (nSPS) is 24.8. The third-order valence-corrected chi connectivity index (χ3v) is 5.91. The summed E-state index contributed by atoms with van der Waals surface area (Å²) in [6.07, 6.45) is 0. The van der Waals surface area contributed by atoms with Crippen LogP contribution in [0.15, 0.2) is 0 Å². The highest BCUT2D eigenvalue weighted by Crippen LogP contribution is 2.25. The topological polar surface area (TPSA) is 74.7 Å². The molecule has 1 aliphatic rings. The molecule has 1 fully saturated rings. The number of hydrogen-bond donors (Lipinski definition) is 1. The molecule has 5 nitrogen and oxygen atoms in total. The molecular formula is C5H8BrNO4S2. The summed E-state index contributed by atoms with van der Waals surface area (Å²) in [5, 5.41) is 8.71. The summed E-state index contributed by atoms with van der Waals surface area (Å²) in [7, 11) is -3.44. The van der Waals surface area contributed by atoms with Crippen molar-refractivity contribution in [2.24, 2.45) is 0 Å². The Kier molecular flexibility index (Phi) is 3.61. The Labute approximate surface area is 88.7 Å². The molecule has 0 amide bonds. The Hall–Kier alpha value is 0.210. The van der Waals surface area contributed by atoms with Gasteiger partial charge in [-0.1, -0.05) is 15.9 Å². The first-order valence-corrected chi connectivity index (χ1v) is 7.23. The van der Waals surface area contributed by atoms with Crippen molar-refractivity contribution in [2.45, 2.75) is 6.04 Å². The number of carbonyl (C=O) groups is 1. The minimum absolute atomic E-state index is 0.227. The van der Waals surface area contributed by atoms with Gasteiger partial charge < -0.3 is 5.11 Å². The molecule has 0 spiro atoms. The van der Waals surface area contributed by atoms with Crippen molar-refractivity contribution in [3.05, 3.63) is 0 Å². The number of rotatable bonds is 3. The van der Waals surface area contributed by atoms with Crippen molar-refractivity contribution in [3.8, 4) is 0 Å². The first-order chi connectivity index (χ1) is 5.99. The van der Waals surface area contributed by atoms with Gasteiger partial charge in [-0.15, -0.1) is 11.8 Å². The van der Waals surface area contributed by atoms with Crippen LogP contribution in [-0.2, 0) is 14.8 Å². The van der Waals surface area contributed by atoms with Crippen LogP contribution in [0.25, 0.3) is 0 Å². The molecule has 13 heavy (non-hydrogen) atoms. The largest absolute Gasteiger partial charge is 0.480 e. The average molecular weight is 290 g/mol. The van der Waals surface area contributed by atoms with Crippen LogP contribution >= 0.6 is 27.7 Å². The lowest BCUT2D eigenvalue weighted by Crippen LogP contribution is -2.42. The summed E-state index contributed by atoms with van der Waals surface area (Å²) in [6.45, 7) is 0. The van der Waals surface area contributed by atoms with Gasteiger partial charge in [-0.25, -0.2) is 8.42 Å². The molecule has 0 saturated carbocycles. The Morgan fingerprint density at radius 1 is 1.69 bits per heavy atom. The molecule has 0 bridgehead atoms.